The lowest BCUT2D eigenvalue weighted by Crippen LogP contribution is -2.15. The van der Waals surface area contributed by atoms with E-state index in [4.69, 9.17) is 20.6 Å². The van der Waals surface area contributed by atoms with Crippen molar-refractivity contribution in [2.24, 2.45) is 10.9 Å². The number of nitrogens with one attached hydrogen (secondary N) is 2. The lowest BCUT2D eigenvalue weighted by atomic mass is 9.86. The molecular formula is C30H38N10O4. The molecule has 3 heterocycles. The first-order valence-corrected chi connectivity index (χ1v) is 13.6. The summed E-state index contributed by atoms with van der Waals surface area (Å²) in [5.41, 5.74) is 9.84. The van der Waals surface area contributed by atoms with Crippen LogP contribution in [0.4, 0.5) is 0 Å². The maximum atomic E-state index is 10.1. The smallest absolute Gasteiger partial charge is 0.375 e. The second-order valence-corrected chi connectivity index (χ2v) is 11.9. The van der Waals surface area contributed by atoms with Gasteiger partial charge >= 0.3 is 5.97 Å². The molecule has 0 radical (unpaired) electrons. The van der Waals surface area contributed by atoms with Crippen LogP contribution in [-0.4, -0.2) is 62.6 Å². The number of hydrogen-bond acceptors (Lipinski definition) is 10. The van der Waals surface area contributed by atoms with Crippen LogP contribution in [0.25, 0.3) is 23.1 Å². The van der Waals surface area contributed by atoms with Crippen LogP contribution < -0.4 is 5.73 Å². The fourth-order valence-electron chi connectivity index (χ4n) is 3.63. The van der Waals surface area contributed by atoms with Gasteiger partial charge in [-0.25, -0.2) is 14.8 Å². The number of aromatic carboxylic acids is 1. The third-order valence-electron chi connectivity index (χ3n) is 6.17. The van der Waals surface area contributed by atoms with Crippen LogP contribution in [-0.2, 0) is 10.8 Å². The molecule has 3 aromatic heterocycles. The van der Waals surface area contributed by atoms with Crippen LogP contribution in [0.3, 0.4) is 0 Å². The Labute approximate surface area is 254 Å². The van der Waals surface area contributed by atoms with Crippen LogP contribution in [0.1, 0.15) is 80.5 Å². The van der Waals surface area contributed by atoms with E-state index in [1.807, 2.05) is 43.3 Å². The van der Waals surface area contributed by atoms with Crippen LogP contribution in [0.15, 0.2) is 58.2 Å². The Morgan fingerprint density at radius 3 is 1.73 bits per heavy atom. The summed E-state index contributed by atoms with van der Waals surface area (Å²) >= 11 is 0. The molecule has 2 aromatic carbocycles. The number of amidine groups is 1. The number of carbonyl (C=O) groups is 1. The summed E-state index contributed by atoms with van der Waals surface area (Å²) < 4.78 is 5.21. The second kappa shape index (κ2) is 13.7. The van der Waals surface area contributed by atoms with Gasteiger partial charge in [0.15, 0.2) is 5.84 Å². The lowest BCUT2D eigenvalue weighted by Gasteiger charge is -2.18. The Morgan fingerprint density at radius 2 is 1.32 bits per heavy atom. The van der Waals surface area contributed by atoms with E-state index in [0.29, 0.717) is 29.2 Å². The molecule has 0 aliphatic carbocycles. The van der Waals surface area contributed by atoms with E-state index in [9.17, 15) is 4.79 Å². The highest BCUT2D eigenvalue weighted by Gasteiger charge is 2.17. The largest absolute Gasteiger partial charge is 0.475 e. The number of rotatable bonds is 4. The van der Waals surface area contributed by atoms with Crippen molar-refractivity contribution in [2.75, 3.05) is 0 Å². The molecule has 0 saturated carbocycles. The summed E-state index contributed by atoms with van der Waals surface area (Å²) in [4.78, 5) is 22.1. The quantitative estimate of drug-likeness (QED) is 0.0796. The first-order valence-electron chi connectivity index (χ1n) is 13.6. The minimum Gasteiger partial charge on any atom is -0.475 e. The highest BCUT2D eigenvalue weighted by Crippen LogP contribution is 2.26. The molecule has 0 aliphatic rings. The number of hydrogen-bond donors (Lipinski definition) is 5. The van der Waals surface area contributed by atoms with Crippen molar-refractivity contribution >= 4 is 11.8 Å². The molecule has 0 fully saturated rings. The molecule has 5 rings (SSSR count). The molecule has 5 aromatic rings. The van der Waals surface area contributed by atoms with Crippen LogP contribution >= 0.6 is 0 Å². The highest BCUT2D eigenvalue weighted by atomic mass is 16.5. The number of nitrogens with two attached hydrogens (primary N) is 1. The number of H-pyrrole nitrogens is 2. The molecule has 232 valence electrons. The van der Waals surface area contributed by atoms with Crippen LogP contribution in [0.5, 0.6) is 0 Å². The van der Waals surface area contributed by atoms with Crippen molar-refractivity contribution in [3.05, 3.63) is 82.7 Å². The lowest BCUT2D eigenvalue weighted by molar-refractivity contribution is 0.0684. The minimum atomic E-state index is -1.11. The normalized spacial score (nSPS) is 11.7. The number of carboxylic acids is 1. The number of benzene rings is 2. The third kappa shape index (κ3) is 9.05. The van der Waals surface area contributed by atoms with Gasteiger partial charge in [0.1, 0.15) is 11.6 Å². The molecule has 6 N–H and O–H groups in total. The average molecular weight is 603 g/mol. The molecule has 0 unspecified atom stereocenters. The number of aryl methyl sites for hydroxylation is 2. The van der Waals surface area contributed by atoms with Gasteiger partial charge in [0.05, 0.1) is 0 Å². The number of aromatic nitrogens is 8. The summed E-state index contributed by atoms with van der Waals surface area (Å²) in [5, 5.41) is 36.2. The first-order chi connectivity index (χ1) is 20.6. The maximum Gasteiger partial charge on any atom is 0.375 e. The zero-order valence-electron chi connectivity index (χ0n) is 26.0. The van der Waals surface area contributed by atoms with Crippen LogP contribution in [0, 0.1) is 13.8 Å². The first kappa shape index (κ1) is 33.1. The molecular weight excluding hydrogens is 564 g/mol. The fourth-order valence-corrected chi connectivity index (χ4v) is 3.63. The fraction of sp³-hybridized carbons (Fsp3) is 0.333. The summed E-state index contributed by atoms with van der Waals surface area (Å²) in [6.45, 7) is 16.4. The topological polar surface area (TPSA) is 218 Å². The van der Waals surface area contributed by atoms with Crippen molar-refractivity contribution in [3.8, 4) is 23.1 Å². The highest BCUT2D eigenvalue weighted by molar-refractivity contribution is 5.97. The summed E-state index contributed by atoms with van der Waals surface area (Å²) in [7, 11) is 0. The van der Waals surface area contributed by atoms with Gasteiger partial charge in [-0.05, 0) is 35.8 Å². The van der Waals surface area contributed by atoms with Gasteiger partial charge in [0.2, 0.25) is 11.6 Å². The monoisotopic (exact) mass is 602 g/mol. The van der Waals surface area contributed by atoms with E-state index in [-0.39, 0.29) is 22.5 Å². The average Bonchev–Trinajstić information content (AvgIpc) is 3.74. The molecule has 0 aliphatic heterocycles. The summed E-state index contributed by atoms with van der Waals surface area (Å²) in [6.07, 6.45) is 0. The van der Waals surface area contributed by atoms with Gasteiger partial charge in [-0.3, -0.25) is 10.2 Å². The molecule has 0 amide bonds. The molecule has 0 bridgehead atoms. The number of oxime groups is 1. The Morgan fingerprint density at radius 1 is 0.795 bits per heavy atom. The SMILES string of the molecule is CC(C)(C)c1ccc(C(N)=NO)cc1.Cc1nc(-c2nc(-c3ccc(C(C)(C)C)cc3)no2)n[nH]1.Cc1nc(C(=O)O)n[nH]1. The van der Waals surface area contributed by atoms with Gasteiger partial charge in [-0.2, -0.15) is 4.98 Å². The van der Waals surface area contributed by atoms with E-state index >= 15 is 0 Å². The van der Waals surface area contributed by atoms with E-state index in [0.717, 1.165) is 11.1 Å². The van der Waals surface area contributed by atoms with Gasteiger partial charge < -0.3 is 20.6 Å². The van der Waals surface area contributed by atoms with E-state index in [2.05, 4.69) is 99.3 Å². The van der Waals surface area contributed by atoms with Gasteiger partial charge in [0.25, 0.3) is 11.7 Å². The van der Waals surface area contributed by atoms with E-state index < -0.39 is 5.97 Å². The molecule has 0 atom stereocenters. The zero-order chi connectivity index (χ0) is 32.7. The molecule has 14 heteroatoms. The predicted octanol–water partition coefficient (Wildman–Crippen LogP) is 5.02. The van der Waals surface area contributed by atoms with Crippen molar-refractivity contribution in [2.45, 2.75) is 66.2 Å². The summed E-state index contributed by atoms with van der Waals surface area (Å²) in [5.74, 6) is 1.32. The van der Waals surface area contributed by atoms with Crippen molar-refractivity contribution < 1.29 is 19.6 Å². The molecule has 14 nitrogen and oxygen atoms in total. The van der Waals surface area contributed by atoms with Gasteiger partial charge in [-0.1, -0.05) is 100 Å². The minimum absolute atomic E-state index is 0.122. The zero-order valence-corrected chi connectivity index (χ0v) is 26.0. The Kier molecular flexibility index (Phi) is 10.3. The maximum absolute atomic E-state index is 10.1. The van der Waals surface area contributed by atoms with Crippen molar-refractivity contribution in [3.63, 3.8) is 0 Å². The molecule has 44 heavy (non-hydrogen) atoms. The van der Waals surface area contributed by atoms with E-state index in [1.165, 1.54) is 11.1 Å². The van der Waals surface area contributed by atoms with Crippen molar-refractivity contribution in [1.29, 1.82) is 0 Å². The predicted molar refractivity (Wildman–Crippen MR) is 164 cm³/mol. The van der Waals surface area contributed by atoms with Crippen LogP contribution in [0.2, 0.25) is 0 Å². The summed E-state index contributed by atoms with van der Waals surface area (Å²) in [6, 6.07) is 15.9. The Hall–Kier alpha value is -5.40. The number of carboxylic acid groups (broad SMARTS) is 1. The molecule has 0 saturated heterocycles. The second-order valence-electron chi connectivity index (χ2n) is 11.9. The standard InChI is InChI=1S/C15H17N5O.C11H16N2O.C4H5N3O2/c1-9-16-13(19-18-9)14-17-12(20-21-14)10-5-7-11(8-6-10)15(2,3)4;1-11(2,3)9-6-4-8(5-7-9)10(12)13-14;1-2-5-3(4(8)9)7-6-2/h5-8H,1-4H3,(H,16,18,19);4-7,14H,1-3H3,(H2,12,13);1H3,(H,8,9)(H,5,6,7). The van der Waals surface area contributed by atoms with Gasteiger partial charge in [0, 0.05) is 11.1 Å². The van der Waals surface area contributed by atoms with Crippen molar-refractivity contribution in [1.82, 2.24) is 40.5 Å². The molecule has 0 spiro atoms. The van der Waals surface area contributed by atoms with Gasteiger partial charge in [-0.15, -0.1) is 10.2 Å². The number of aromatic amines is 2. The Bertz CT molecular complexity index is 1690. The Balaban J connectivity index is 0.000000198. The van der Waals surface area contributed by atoms with E-state index in [1.54, 1.807) is 6.92 Å². The third-order valence-corrected chi connectivity index (χ3v) is 6.17. The number of nitrogens with zero attached hydrogens (tertiary/aromatic N) is 7.